The Morgan fingerprint density at radius 2 is 0.800 bits per heavy atom. The summed E-state index contributed by atoms with van der Waals surface area (Å²) in [4.78, 5) is 5.12. The predicted octanol–water partition coefficient (Wildman–Crippen LogP) is 14.1. The third-order valence-corrected chi connectivity index (χ3v) is 26.9. The molecule has 8 aromatic carbocycles. The molecule has 0 saturated carbocycles. The maximum absolute atomic E-state index is 2.58. The highest BCUT2D eigenvalue weighted by atomic mass is 28.3. The zero-order valence-corrected chi connectivity index (χ0v) is 39.5. The van der Waals surface area contributed by atoms with Gasteiger partial charge in [-0.3, -0.25) is 0 Å². The molecule has 0 unspecified atom stereocenters. The first-order valence-corrected chi connectivity index (χ1v) is 28.9. The smallest absolute Gasteiger partial charge is 0.123 e. The third-order valence-electron chi connectivity index (χ3n) is 16.3. The van der Waals surface area contributed by atoms with Gasteiger partial charge in [-0.2, -0.15) is 0 Å². The molecule has 0 atom stereocenters. The minimum atomic E-state index is -1.78. The molecule has 0 N–H and O–H groups in total. The number of anilines is 6. The van der Waals surface area contributed by atoms with Crippen LogP contribution in [0, 0.1) is 0 Å². The predicted molar refractivity (Wildman–Crippen MR) is 282 cm³/mol. The van der Waals surface area contributed by atoms with Crippen molar-refractivity contribution in [3.63, 3.8) is 0 Å². The molecule has 1 aliphatic carbocycles. The Hall–Kier alpha value is -6.47. The fourth-order valence-electron chi connectivity index (χ4n) is 13.3. The molecule has 4 heteroatoms. The van der Waals surface area contributed by atoms with E-state index in [1.807, 2.05) is 0 Å². The van der Waals surface area contributed by atoms with Gasteiger partial charge in [-0.05, 0) is 144 Å². The summed E-state index contributed by atoms with van der Waals surface area (Å²) in [5.74, 6) is 0. The van der Waals surface area contributed by atoms with E-state index in [1.165, 1.54) is 128 Å². The molecular weight excluding hydrogens is 817 g/mol. The van der Waals surface area contributed by atoms with E-state index in [9.17, 15) is 0 Å². The van der Waals surface area contributed by atoms with Gasteiger partial charge in [0.2, 0.25) is 0 Å². The number of nitrogens with zero attached hydrogens (tertiary/aromatic N) is 2. The lowest BCUT2D eigenvalue weighted by Gasteiger charge is -2.43. The second-order valence-electron chi connectivity index (χ2n) is 20.0. The summed E-state index contributed by atoms with van der Waals surface area (Å²) >= 11 is 0. The average Bonchev–Trinajstić information content (AvgIpc) is 4.10. The van der Waals surface area contributed by atoms with Crippen LogP contribution in [0.25, 0.3) is 34.4 Å². The normalized spacial score (nSPS) is 17.8. The molecule has 2 spiro atoms. The van der Waals surface area contributed by atoms with Crippen molar-refractivity contribution in [3.8, 4) is 22.3 Å². The number of para-hydroxylation sites is 4. The number of fused-ring (bicyclic) bond motifs is 11. The van der Waals surface area contributed by atoms with Crippen LogP contribution < -0.4 is 30.5 Å². The quantitative estimate of drug-likeness (QED) is 0.126. The third kappa shape index (κ3) is 5.82. The molecule has 65 heavy (non-hydrogen) atoms. The first-order valence-electron chi connectivity index (χ1n) is 24.1. The number of rotatable bonds is 5. The van der Waals surface area contributed by atoms with Crippen LogP contribution in [0.15, 0.2) is 182 Å². The van der Waals surface area contributed by atoms with E-state index in [0.717, 1.165) is 0 Å². The summed E-state index contributed by atoms with van der Waals surface area (Å²) in [6, 6.07) is 75.4. The molecule has 13 rings (SSSR count). The second-order valence-corrected chi connectivity index (χ2v) is 28.5. The number of hydrogen-bond donors (Lipinski definition) is 0. The van der Waals surface area contributed by atoms with Gasteiger partial charge in [0.05, 0.1) is 0 Å². The van der Waals surface area contributed by atoms with Gasteiger partial charge in [0.25, 0.3) is 0 Å². The lowest BCUT2D eigenvalue weighted by molar-refractivity contribution is 0.660. The van der Waals surface area contributed by atoms with E-state index < -0.39 is 16.1 Å². The highest BCUT2D eigenvalue weighted by molar-refractivity contribution is 7.05. The molecular formula is C61H54N2Si2. The van der Waals surface area contributed by atoms with Crippen molar-refractivity contribution in [2.24, 2.45) is 0 Å². The van der Waals surface area contributed by atoms with Gasteiger partial charge in [0.1, 0.15) is 16.1 Å². The van der Waals surface area contributed by atoms with Crippen LogP contribution in [-0.4, -0.2) is 16.1 Å². The van der Waals surface area contributed by atoms with Crippen molar-refractivity contribution >= 4 is 83.2 Å². The van der Waals surface area contributed by atoms with Gasteiger partial charge >= 0.3 is 0 Å². The van der Waals surface area contributed by atoms with Gasteiger partial charge < -0.3 is 9.80 Å². The van der Waals surface area contributed by atoms with Crippen LogP contribution in [0.2, 0.25) is 24.2 Å². The van der Waals surface area contributed by atoms with Crippen LogP contribution in [0.1, 0.15) is 61.8 Å². The lowest BCUT2D eigenvalue weighted by Crippen LogP contribution is -2.60. The molecule has 0 bridgehead atoms. The molecule has 0 radical (unpaired) electrons. The Kier molecular flexibility index (Phi) is 8.86. The Morgan fingerprint density at radius 1 is 0.385 bits per heavy atom. The van der Waals surface area contributed by atoms with Gasteiger partial charge in [-0.15, -0.1) is 0 Å². The molecule has 2 nitrogen and oxygen atoms in total. The van der Waals surface area contributed by atoms with Gasteiger partial charge in [0.15, 0.2) is 0 Å². The Balaban J connectivity index is 0.801. The lowest BCUT2D eigenvalue weighted by atomic mass is 9.81. The van der Waals surface area contributed by atoms with Crippen LogP contribution in [0.4, 0.5) is 34.1 Å². The van der Waals surface area contributed by atoms with E-state index in [2.05, 4.69) is 218 Å². The maximum atomic E-state index is 2.58. The Labute approximate surface area is 386 Å². The van der Waals surface area contributed by atoms with Gasteiger partial charge in [-0.1, -0.05) is 179 Å². The molecule has 4 heterocycles. The van der Waals surface area contributed by atoms with E-state index in [4.69, 9.17) is 0 Å². The summed E-state index contributed by atoms with van der Waals surface area (Å²) in [6.07, 6.45) is 9.99. The molecule has 316 valence electrons. The van der Waals surface area contributed by atoms with E-state index in [-0.39, 0.29) is 5.41 Å². The van der Waals surface area contributed by atoms with Gasteiger partial charge in [0, 0.05) is 39.5 Å². The molecule has 8 aromatic rings. The van der Waals surface area contributed by atoms with E-state index in [0.29, 0.717) is 0 Å². The summed E-state index contributed by atoms with van der Waals surface area (Å²) < 4.78 is 0. The topological polar surface area (TPSA) is 6.48 Å². The fraction of sp³-hybridized carbons (Fsp3) is 0.180. The van der Waals surface area contributed by atoms with Crippen LogP contribution in [0.3, 0.4) is 0 Å². The summed E-state index contributed by atoms with van der Waals surface area (Å²) in [5.41, 5.74) is 18.3. The molecule has 0 aromatic heterocycles. The van der Waals surface area contributed by atoms with E-state index >= 15 is 0 Å². The highest BCUT2D eigenvalue weighted by Crippen LogP contribution is 2.52. The van der Waals surface area contributed by atoms with Gasteiger partial charge in [-0.25, -0.2) is 0 Å². The zero-order chi connectivity index (χ0) is 43.3. The highest BCUT2D eigenvalue weighted by Gasteiger charge is 2.49. The first-order chi connectivity index (χ1) is 31.9. The van der Waals surface area contributed by atoms with Crippen LogP contribution >= 0.6 is 0 Å². The van der Waals surface area contributed by atoms with Crippen LogP contribution in [0.5, 0.6) is 0 Å². The second kappa shape index (κ2) is 14.8. The van der Waals surface area contributed by atoms with Crippen molar-refractivity contribution in [1.29, 1.82) is 0 Å². The molecule has 2 fully saturated rings. The summed E-state index contributed by atoms with van der Waals surface area (Å²) in [7, 11) is -3.55. The average molecular weight is 871 g/mol. The van der Waals surface area contributed by atoms with Crippen molar-refractivity contribution in [2.45, 2.75) is 69.1 Å². The zero-order valence-electron chi connectivity index (χ0n) is 37.5. The summed E-state index contributed by atoms with van der Waals surface area (Å²) in [6.45, 7) is 4.84. The summed E-state index contributed by atoms with van der Waals surface area (Å²) in [5, 5.41) is 6.49. The van der Waals surface area contributed by atoms with Crippen molar-refractivity contribution in [2.75, 3.05) is 9.80 Å². The van der Waals surface area contributed by atoms with Crippen molar-refractivity contribution in [3.05, 3.63) is 204 Å². The Morgan fingerprint density at radius 3 is 1.32 bits per heavy atom. The largest absolute Gasteiger partial charge is 0.311 e. The maximum Gasteiger partial charge on any atom is 0.123 e. The SMILES string of the molecule is CC1(C)c2cc(C=Cc3cccc(-c4cccc(N5c6ccccc6[Si]6(CCCC6)c6ccccc65)c4)c3)ccc2-c2ccc(N3c4ccccc4[Si]4(CCCC4)c4ccccc43)cc21. The Bertz CT molecular complexity index is 3140. The minimum Gasteiger partial charge on any atom is -0.311 e. The van der Waals surface area contributed by atoms with Crippen molar-refractivity contribution in [1.82, 2.24) is 0 Å². The molecule has 4 aliphatic heterocycles. The molecule has 5 aliphatic rings. The standard InChI is InChI=1S/C61H54N2Si2/c1-61(2)51-40-44(31-33-49(51)50-34-32-48(42-52(50)61)63-55-23-5-9-27-59(55)65(37-13-14-38-65)60-28-10-6-24-56(60)63)30-29-43-17-15-18-45(39-43)46-19-16-20-47(41-46)62-53-21-3-7-25-57(53)64(35-11-12-36-64)58-26-8-4-22-54(58)62/h3-10,15-34,39-42H,11-14,35-38H2,1-2H3. The van der Waals surface area contributed by atoms with E-state index in [1.54, 1.807) is 20.7 Å². The van der Waals surface area contributed by atoms with Crippen LogP contribution in [-0.2, 0) is 5.41 Å². The number of hydrogen-bond acceptors (Lipinski definition) is 2. The first kappa shape index (κ1) is 38.9. The minimum absolute atomic E-state index is 0.138. The molecule has 2 saturated heterocycles. The number of benzene rings is 8. The molecule has 0 amide bonds. The van der Waals surface area contributed by atoms with Crippen molar-refractivity contribution < 1.29 is 0 Å². The fourth-order valence-corrected chi connectivity index (χ4v) is 24.3. The monoisotopic (exact) mass is 870 g/mol.